The van der Waals surface area contributed by atoms with Crippen LogP contribution >= 0.6 is 11.6 Å². The van der Waals surface area contributed by atoms with Crippen molar-refractivity contribution in [1.82, 2.24) is 10.5 Å². The van der Waals surface area contributed by atoms with Crippen LogP contribution in [0.25, 0.3) is 0 Å². The summed E-state index contributed by atoms with van der Waals surface area (Å²) in [4.78, 5) is 11.8. The molecule has 18 heavy (non-hydrogen) atoms. The molecule has 0 aliphatic heterocycles. The molecule has 2 aromatic rings. The van der Waals surface area contributed by atoms with E-state index in [9.17, 15) is 9.90 Å². The fourth-order valence-corrected chi connectivity index (χ4v) is 1.63. The molecule has 0 bridgehead atoms. The van der Waals surface area contributed by atoms with Gasteiger partial charge < -0.3 is 14.9 Å². The molecule has 0 saturated carbocycles. The fourth-order valence-electron chi connectivity index (χ4n) is 1.46. The van der Waals surface area contributed by atoms with Crippen LogP contribution in [-0.2, 0) is 6.54 Å². The summed E-state index contributed by atoms with van der Waals surface area (Å²) in [5.74, 6) is -0.0127. The lowest BCUT2D eigenvalue weighted by molar-refractivity contribution is 0.0944. The number of phenols is 1. The molecule has 1 heterocycles. The Hall–Kier alpha value is -2.01. The van der Waals surface area contributed by atoms with E-state index in [-0.39, 0.29) is 17.9 Å². The van der Waals surface area contributed by atoms with E-state index in [1.807, 2.05) is 0 Å². The minimum atomic E-state index is -0.404. The molecular weight excluding hydrogens is 256 g/mol. The van der Waals surface area contributed by atoms with Crippen LogP contribution in [0.15, 0.2) is 28.8 Å². The molecule has 0 spiro atoms. The largest absolute Gasteiger partial charge is 0.507 e. The number of nitrogens with one attached hydrogen (secondary N) is 1. The minimum absolute atomic E-state index is 0.159. The molecule has 5 nitrogen and oxygen atoms in total. The zero-order valence-corrected chi connectivity index (χ0v) is 10.4. The normalized spacial score (nSPS) is 10.3. The van der Waals surface area contributed by atoms with Crippen LogP contribution in [0.1, 0.15) is 21.8 Å². The third-order valence-electron chi connectivity index (χ3n) is 2.30. The predicted octanol–water partition coefficient (Wildman–Crippen LogP) is 2.27. The number of benzene rings is 1. The number of carbonyl (C=O) groups excluding carboxylic acids is 1. The van der Waals surface area contributed by atoms with E-state index in [2.05, 4.69) is 10.5 Å². The first-order valence-electron chi connectivity index (χ1n) is 5.25. The van der Waals surface area contributed by atoms with Gasteiger partial charge in [-0.15, -0.1) is 0 Å². The lowest BCUT2D eigenvalue weighted by Gasteiger charge is -2.05. The Morgan fingerprint density at radius 3 is 2.89 bits per heavy atom. The molecule has 94 valence electrons. The molecule has 1 aromatic heterocycles. The highest BCUT2D eigenvalue weighted by atomic mass is 35.5. The van der Waals surface area contributed by atoms with E-state index in [4.69, 9.17) is 16.1 Å². The number of aromatic hydroxyl groups is 1. The van der Waals surface area contributed by atoms with Gasteiger partial charge in [-0.1, -0.05) is 16.8 Å². The van der Waals surface area contributed by atoms with E-state index in [1.165, 1.54) is 18.2 Å². The highest BCUT2D eigenvalue weighted by Gasteiger charge is 2.12. The topological polar surface area (TPSA) is 75.4 Å². The number of aromatic nitrogens is 1. The Morgan fingerprint density at radius 1 is 1.50 bits per heavy atom. The van der Waals surface area contributed by atoms with Crippen molar-refractivity contribution in [1.29, 1.82) is 0 Å². The second-order valence-electron chi connectivity index (χ2n) is 3.78. The third kappa shape index (κ3) is 2.81. The van der Waals surface area contributed by atoms with Crippen molar-refractivity contribution in [3.05, 3.63) is 46.3 Å². The lowest BCUT2D eigenvalue weighted by atomic mass is 10.2. The maximum atomic E-state index is 11.8. The summed E-state index contributed by atoms with van der Waals surface area (Å²) in [5.41, 5.74) is 0.907. The summed E-state index contributed by atoms with van der Waals surface area (Å²) >= 11 is 5.68. The van der Waals surface area contributed by atoms with E-state index >= 15 is 0 Å². The first-order valence-corrected chi connectivity index (χ1v) is 5.63. The number of phenolic OH excluding ortho intramolecular Hbond substituents is 1. The van der Waals surface area contributed by atoms with Crippen molar-refractivity contribution in [2.45, 2.75) is 13.5 Å². The SMILES string of the molecule is Cc1cc(CNC(=O)c2ccc(Cl)cc2O)on1. The van der Waals surface area contributed by atoms with E-state index < -0.39 is 5.91 Å². The van der Waals surface area contributed by atoms with Gasteiger partial charge in [0.05, 0.1) is 17.8 Å². The number of nitrogens with zero attached hydrogens (tertiary/aromatic N) is 1. The molecule has 0 saturated heterocycles. The summed E-state index contributed by atoms with van der Waals surface area (Å²) in [6, 6.07) is 6.03. The van der Waals surface area contributed by atoms with E-state index in [1.54, 1.807) is 13.0 Å². The van der Waals surface area contributed by atoms with Crippen molar-refractivity contribution >= 4 is 17.5 Å². The summed E-state index contributed by atoms with van der Waals surface area (Å²) in [6.45, 7) is 2.00. The zero-order chi connectivity index (χ0) is 13.1. The first kappa shape index (κ1) is 12.4. The highest BCUT2D eigenvalue weighted by molar-refractivity contribution is 6.30. The molecule has 0 fully saturated rings. The Labute approximate surface area is 108 Å². The average Bonchev–Trinajstić information content (AvgIpc) is 2.72. The summed E-state index contributed by atoms with van der Waals surface area (Å²) < 4.78 is 4.95. The molecule has 1 aromatic carbocycles. The van der Waals surface area contributed by atoms with Gasteiger partial charge in [-0.2, -0.15) is 0 Å². The van der Waals surface area contributed by atoms with Crippen LogP contribution in [0.4, 0.5) is 0 Å². The molecule has 6 heteroatoms. The predicted molar refractivity (Wildman–Crippen MR) is 65.5 cm³/mol. The van der Waals surface area contributed by atoms with Gasteiger partial charge in [-0.25, -0.2) is 0 Å². The number of halogens is 1. The molecule has 2 N–H and O–H groups in total. The zero-order valence-electron chi connectivity index (χ0n) is 9.61. The van der Waals surface area contributed by atoms with Crippen LogP contribution in [-0.4, -0.2) is 16.2 Å². The number of hydrogen-bond acceptors (Lipinski definition) is 4. The second kappa shape index (κ2) is 5.10. The van der Waals surface area contributed by atoms with Gasteiger partial charge in [0.25, 0.3) is 5.91 Å². The van der Waals surface area contributed by atoms with Crippen molar-refractivity contribution < 1.29 is 14.4 Å². The Bertz CT molecular complexity index is 580. The monoisotopic (exact) mass is 266 g/mol. The van der Waals surface area contributed by atoms with Gasteiger partial charge in [0.1, 0.15) is 5.75 Å². The molecule has 0 aliphatic carbocycles. The van der Waals surface area contributed by atoms with Gasteiger partial charge >= 0.3 is 0 Å². The van der Waals surface area contributed by atoms with Crippen molar-refractivity contribution in [3.63, 3.8) is 0 Å². The Balaban J connectivity index is 2.03. The molecule has 0 aliphatic rings. The standard InChI is InChI=1S/C12H11ClN2O3/c1-7-4-9(18-15-7)6-14-12(17)10-3-2-8(13)5-11(10)16/h2-5,16H,6H2,1H3,(H,14,17). The van der Waals surface area contributed by atoms with E-state index in [0.29, 0.717) is 10.8 Å². The number of amides is 1. The minimum Gasteiger partial charge on any atom is -0.507 e. The van der Waals surface area contributed by atoms with Gasteiger partial charge in [0, 0.05) is 11.1 Å². The van der Waals surface area contributed by atoms with Gasteiger partial charge in [0.2, 0.25) is 0 Å². The van der Waals surface area contributed by atoms with Crippen LogP contribution in [0.5, 0.6) is 5.75 Å². The van der Waals surface area contributed by atoms with Crippen LogP contribution in [0, 0.1) is 6.92 Å². The third-order valence-corrected chi connectivity index (χ3v) is 2.54. The lowest BCUT2D eigenvalue weighted by Crippen LogP contribution is -2.22. The maximum Gasteiger partial charge on any atom is 0.255 e. The summed E-state index contributed by atoms with van der Waals surface area (Å²) in [7, 11) is 0. The molecule has 0 unspecified atom stereocenters. The second-order valence-corrected chi connectivity index (χ2v) is 4.22. The molecule has 0 atom stereocenters. The van der Waals surface area contributed by atoms with E-state index in [0.717, 1.165) is 5.69 Å². The Kier molecular flexibility index (Phi) is 3.53. The van der Waals surface area contributed by atoms with Crippen LogP contribution < -0.4 is 5.32 Å². The quantitative estimate of drug-likeness (QED) is 0.894. The summed E-state index contributed by atoms with van der Waals surface area (Å²) in [5, 5.41) is 16.3. The van der Waals surface area contributed by atoms with Gasteiger partial charge in [0.15, 0.2) is 5.76 Å². The van der Waals surface area contributed by atoms with Crippen molar-refractivity contribution in [3.8, 4) is 5.75 Å². The first-order chi connectivity index (χ1) is 8.56. The van der Waals surface area contributed by atoms with Crippen LogP contribution in [0.2, 0.25) is 5.02 Å². The number of aryl methyl sites for hydroxylation is 1. The fraction of sp³-hybridized carbons (Fsp3) is 0.167. The molecule has 0 radical (unpaired) electrons. The van der Waals surface area contributed by atoms with Gasteiger partial charge in [-0.3, -0.25) is 4.79 Å². The number of carbonyl (C=O) groups is 1. The van der Waals surface area contributed by atoms with Gasteiger partial charge in [-0.05, 0) is 25.1 Å². The molecule has 1 amide bonds. The summed E-state index contributed by atoms with van der Waals surface area (Å²) in [6.07, 6.45) is 0. The number of hydrogen-bond donors (Lipinski definition) is 2. The van der Waals surface area contributed by atoms with Crippen LogP contribution in [0.3, 0.4) is 0 Å². The smallest absolute Gasteiger partial charge is 0.255 e. The highest BCUT2D eigenvalue weighted by Crippen LogP contribution is 2.21. The maximum absolute atomic E-state index is 11.8. The molecule has 2 rings (SSSR count). The average molecular weight is 267 g/mol. The molecular formula is C12H11ClN2O3. The van der Waals surface area contributed by atoms with Crippen molar-refractivity contribution in [2.75, 3.05) is 0 Å². The number of rotatable bonds is 3. The Morgan fingerprint density at radius 2 is 2.28 bits per heavy atom. The van der Waals surface area contributed by atoms with Crippen molar-refractivity contribution in [2.24, 2.45) is 0 Å².